The number of piperidine rings is 1. The predicted octanol–water partition coefficient (Wildman–Crippen LogP) is 2.95. The van der Waals surface area contributed by atoms with Gasteiger partial charge in [-0.2, -0.15) is 0 Å². The summed E-state index contributed by atoms with van der Waals surface area (Å²) < 4.78 is 0. The number of aliphatic hydroxyl groups is 2. The first-order chi connectivity index (χ1) is 11.3. The van der Waals surface area contributed by atoms with Crippen molar-refractivity contribution in [2.75, 3.05) is 13.1 Å². The maximum Gasteiger partial charge on any atom is 0.110 e. The third-order valence-electron chi connectivity index (χ3n) is 4.96. The topological polar surface area (TPSA) is 52.5 Å². The van der Waals surface area contributed by atoms with E-state index in [1.54, 1.807) is 0 Å². The van der Waals surface area contributed by atoms with Crippen LogP contribution in [0, 0.1) is 0 Å². The zero-order valence-corrected chi connectivity index (χ0v) is 13.0. The first-order valence-corrected chi connectivity index (χ1v) is 8.25. The summed E-state index contributed by atoms with van der Waals surface area (Å²) in [4.78, 5) is 0. The molecule has 0 amide bonds. The molecule has 3 heteroatoms. The molecule has 3 N–H and O–H groups in total. The maximum atomic E-state index is 10.7. The van der Waals surface area contributed by atoms with Gasteiger partial charge < -0.3 is 15.5 Å². The number of benzene rings is 2. The minimum Gasteiger partial charge on any atom is -0.385 e. The molecule has 0 aromatic heterocycles. The van der Waals surface area contributed by atoms with Crippen molar-refractivity contribution in [2.45, 2.75) is 25.0 Å². The van der Waals surface area contributed by atoms with Crippen LogP contribution in [0.1, 0.15) is 47.3 Å². The monoisotopic (exact) mass is 307 g/mol. The molecule has 118 valence electrons. The van der Waals surface area contributed by atoms with Gasteiger partial charge in [0.15, 0.2) is 0 Å². The molecule has 2 aromatic carbocycles. The van der Waals surface area contributed by atoms with Crippen molar-refractivity contribution in [2.24, 2.45) is 0 Å². The molecule has 23 heavy (non-hydrogen) atoms. The van der Waals surface area contributed by atoms with Crippen LogP contribution in [-0.4, -0.2) is 23.3 Å². The van der Waals surface area contributed by atoms with E-state index in [0.29, 0.717) is 0 Å². The lowest BCUT2D eigenvalue weighted by molar-refractivity contribution is 0.0176. The second-order valence-electron chi connectivity index (χ2n) is 6.29. The molecule has 1 heterocycles. The van der Waals surface area contributed by atoms with Gasteiger partial charge in [-0.15, -0.1) is 0 Å². The van der Waals surface area contributed by atoms with E-state index in [4.69, 9.17) is 0 Å². The van der Waals surface area contributed by atoms with E-state index < -0.39 is 12.2 Å². The molecule has 0 unspecified atom stereocenters. The van der Waals surface area contributed by atoms with Gasteiger partial charge >= 0.3 is 0 Å². The average molecular weight is 307 g/mol. The van der Waals surface area contributed by atoms with Crippen LogP contribution in [-0.2, 0) is 0 Å². The number of aliphatic hydroxyl groups excluding tert-OH is 2. The molecule has 2 aromatic rings. The van der Waals surface area contributed by atoms with Crippen LogP contribution in [0.5, 0.6) is 0 Å². The minimum atomic E-state index is -0.896. The fourth-order valence-corrected chi connectivity index (χ4v) is 3.81. The second kappa shape index (κ2) is 5.93. The van der Waals surface area contributed by atoms with Crippen LogP contribution in [0.2, 0.25) is 0 Å². The van der Waals surface area contributed by atoms with Gasteiger partial charge in [0.25, 0.3) is 0 Å². The molecular formula is C20H21NO2. The molecule has 1 fully saturated rings. The molecule has 1 saturated heterocycles. The molecule has 2 aliphatic rings. The van der Waals surface area contributed by atoms with E-state index in [2.05, 4.69) is 17.4 Å². The van der Waals surface area contributed by atoms with Gasteiger partial charge in [0.2, 0.25) is 0 Å². The Morgan fingerprint density at radius 2 is 1.22 bits per heavy atom. The van der Waals surface area contributed by atoms with Gasteiger partial charge in [0.1, 0.15) is 12.2 Å². The third-order valence-corrected chi connectivity index (χ3v) is 4.96. The lowest BCUT2D eigenvalue weighted by Crippen LogP contribution is -2.24. The molecule has 0 radical (unpaired) electrons. The number of rotatable bonds is 0. The van der Waals surface area contributed by atoms with Crippen LogP contribution in [0.3, 0.4) is 0 Å². The van der Waals surface area contributed by atoms with Crippen molar-refractivity contribution in [3.63, 3.8) is 0 Å². The van der Waals surface area contributed by atoms with Crippen LogP contribution in [0.4, 0.5) is 0 Å². The first kappa shape index (κ1) is 14.6. The summed E-state index contributed by atoms with van der Waals surface area (Å²) in [6.07, 6.45) is 0.216. The molecule has 1 aliphatic carbocycles. The Bertz CT molecular complexity index is 704. The quantitative estimate of drug-likeness (QED) is 0.701. The van der Waals surface area contributed by atoms with Gasteiger partial charge in [-0.1, -0.05) is 54.1 Å². The van der Waals surface area contributed by atoms with Crippen LogP contribution in [0.15, 0.2) is 54.1 Å². The van der Waals surface area contributed by atoms with Crippen molar-refractivity contribution in [1.29, 1.82) is 0 Å². The van der Waals surface area contributed by atoms with Crippen LogP contribution >= 0.6 is 0 Å². The van der Waals surface area contributed by atoms with E-state index in [9.17, 15) is 10.2 Å². The molecule has 0 bridgehead atoms. The number of hydrogen-bond acceptors (Lipinski definition) is 3. The summed E-state index contributed by atoms with van der Waals surface area (Å²) >= 11 is 0. The summed E-state index contributed by atoms with van der Waals surface area (Å²) in [5.41, 5.74) is 6.36. The number of nitrogens with one attached hydrogen (secondary N) is 1. The fraction of sp³-hybridized carbons (Fsp3) is 0.300. The van der Waals surface area contributed by atoms with Crippen molar-refractivity contribution < 1.29 is 10.2 Å². The molecule has 1 aliphatic heterocycles. The Balaban J connectivity index is 2.04. The standard InChI is InChI=1S/C20H21NO2/c22-19-16-7-3-1-5-14(16)18(13-9-11-21-12-10-13)15-6-2-4-8-17(15)20(19)23/h1-8,19-23H,9-12H2/t19-,20-/m0/s1. The van der Waals surface area contributed by atoms with E-state index in [-0.39, 0.29) is 0 Å². The molecule has 0 saturated carbocycles. The average Bonchev–Trinajstić information content (AvgIpc) is 2.71. The van der Waals surface area contributed by atoms with Gasteiger partial charge in [-0.25, -0.2) is 0 Å². The Hall–Kier alpha value is -1.94. The Morgan fingerprint density at radius 3 is 1.74 bits per heavy atom. The fourth-order valence-electron chi connectivity index (χ4n) is 3.81. The molecule has 4 rings (SSSR count). The van der Waals surface area contributed by atoms with E-state index in [1.165, 1.54) is 11.1 Å². The highest BCUT2D eigenvalue weighted by Crippen LogP contribution is 2.44. The lowest BCUT2D eigenvalue weighted by atomic mass is 9.86. The largest absolute Gasteiger partial charge is 0.385 e. The Kier molecular flexibility index (Phi) is 3.77. The zero-order valence-electron chi connectivity index (χ0n) is 13.0. The first-order valence-electron chi connectivity index (χ1n) is 8.25. The van der Waals surface area contributed by atoms with Crippen molar-refractivity contribution in [3.8, 4) is 0 Å². The SMILES string of the molecule is O[C@H]1c2ccccc2C(=C2CCNCC2)c2ccccc2[C@@H]1O. The van der Waals surface area contributed by atoms with Crippen molar-refractivity contribution in [3.05, 3.63) is 76.4 Å². The minimum absolute atomic E-state index is 0.817. The smallest absolute Gasteiger partial charge is 0.110 e. The zero-order chi connectivity index (χ0) is 15.8. The molecule has 2 atom stereocenters. The van der Waals surface area contributed by atoms with E-state index in [0.717, 1.165) is 48.2 Å². The van der Waals surface area contributed by atoms with E-state index in [1.807, 2.05) is 36.4 Å². The van der Waals surface area contributed by atoms with Gasteiger partial charge in [0.05, 0.1) is 0 Å². The summed E-state index contributed by atoms with van der Waals surface area (Å²) in [5.74, 6) is 0. The summed E-state index contributed by atoms with van der Waals surface area (Å²) in [7, 11) is 0. The van der Waals surface area contributed by atoms with Crippen molar-refractivity contribution in [1.82, 2.24) is 5.32 Å². The van der Waals surface area contributed by atoms with Crippen LogP contribution < -0.4 is 5.32 Å². The highest BCUT2D eigenvalue weighted by molar-refractivity contribution is 5.86. The van der Waals surface area contributed by atoms with Gasteiger partial charge in [-0.3, -0.25) is 0 Å². The van der Waals surface area contributed by atoms with Gasteiger partial charge in [0, 0.05) is 0 Å². The summed E-state index contributed by atoms with van der Waals surface area (Å²) in [6.45, 7) is 1.96. The number of fused-ring (bicyclic) bond motifs is 2. The normalized spacial score (nSPS) is 23.9. The highest BCUT2D eigenvalue weighted by Gasteiger charge is 2.31. The van der Waals surface area contributed by atoms with Crippen LogP contribution in [0.25, 0.3) is 5.57 Å². The molecule has 3 nitrogen and oxygen atoms in total. The highest BCUT2D eigenvalue weighted by atomic mass is 16.3. The molecular weight excluding hydrogens is 286 g/mol. The van der Waals surface area contributed by atoms with Gasteiger partial charge in [-0.05, 0) is 53.8 Å². The predicted molar refractivity (Wildman–Crippen MR) is 90.9 cm³/mol. The summed E-state index contributed by atoms with van der Waals surface area (Å²) in [6, 6.07) is 15.9. The third kappa shape index (κ3) is 2.41. The Morgan fingerprint density at radius 1 is 0.739 bits per heavy atom. The van der Waals surface area contributed by atoms with E-state index >= 15 is 0 Å². The summed E-state index contributed by atoms with van der Waals surface area (Å²) in [5, 5.41) is 24.8. The Labute approximate surface area is 136 Å². The second-order valence-corrected chi connectivity index (χ2v) is 6.29. The maximum absolute atomic E-state index is 10.7. The lowest BCUT2D eigenvalue weighted by Gasteiger charge is -2.22. The number of hydrogen-bond donors (Lipinski definition) is 3. The molecule has 0 spiro atoms. The van der Waals surface area contributed by atoms with Crippen molar-refractivity contribution >= 4 is 5.57 Å².